The number of carbonyl (C=O) groups excluding carboxylic acids is 3. The smallest absolute Gasteiger partial charge is 0.306 e. The van der Waals surface area contributed by atoms with Gasteiger partial charge in [0, 0.05) is 19.3 Å². The molecule has 0 unspecified atom stereocenters. The minimum Gasteiger partial charge on any atom is -0.462 e. The number of hydrogen-bond acceptors (Lipinski definition) is 6. The van der Waals surface area contributed by atoms with Gasteiger partial charge >= 0.3 is 17.9 Å². The summed E-state index contributed by atoms with van der Waals surface area (Å²) in [5.41, 5.74) is 0. The lowest BCUT2D eigenvalue weighted by Gasteiger charge is -2.18. The molecule has 0 aromatic carbocycles. The lowest BCUT2D eigenvalue weighted by molar-refractivity contribution is -0.167. The van der Waals surface area contributed by atoms with Gasteiger partial charge in [-0.25, -0.2) is 0 Å². The van der Waals surface area contributed by atoms with Gasteiger partial charge in [0.25, 0.3) is 0 Å². The van der Waals surface area contributed by atoms with Crippen molar-refractivity contribution in [3.05, 3.63) is 0 Å². The maximum Gasteiger partial charge on any atom is 0.306 e. The molecule has 49 heavy (non-hydrogen) atoms. The third-order valence-electron chi connectivity index (χ3n) is 9.61. The first kappa shape index (κ1) is 47.4. The van der Waals surface area contributed by atoms with Crippen LogP contribution in [0.3, 0.4) is 0 Å². The second kappa shape index (κ2) is 39.2. The van der Waals surface area contributed by atoms with Crippen LogP contribution in [0.15, 0.2) is 0 Å². The molecular formula is C43H82O6. The molecule has 0 aliphatic rings. The second-order valence-corrected chi connectivity index (χ2v) is 14.6. The highest BCUT2D eigenvalue weighted by atomic mass is 16.6. The first-order valence-corrected chi connectivity index (χ1v) is 21.5. The first-order chi connectivity index (χ1) is 24.0. The van der Waals surface area contributed by atoms with E-state index >= 15 is 0 Å². The lowest BCUT2D eigenvalue weighted by atomic mass is 10.0. The molecule has 0 amide bonds. The summed E-state index contributed by atoms with van der Waals surface area (Å²) in [6.45, 7) is 6.56. The Morgan fingerprint density at radius 2 is 0.551 bits per heavy atom. The van der Waals surface area contributed by atoms with Gasteiger partial charge < -0.3 is 14.2 Å². The van der Waals surface area contributed by atoms with E-state index in [1.807, 2.05) is 0 Å². The molecule has 0 rings (SSSR count). The van der Waals surface area contributed by atoms with Crippen molar-refractivity contribution in [1.82, 2.24) is 0 Å². The molecule has 6 heteroatoms. The average molecular weight is 695 g/mol. The van der Waals surface area contributed by atoms with E-state index in [0.29, 0.717) is 19.3 Å². The van der Waals surface area contributed by atoms with Gasteiger partial charge in [0.2, 0.25) is 0 Å². The molecule has 0 saturated carbocycles. The molecular weight excluding hydrogens is 612 g/mol. The van der Waals surface area contributed by atoms with Gasteiger partial charge in [-0.05, 0) is 19.3 Å². The molecule has 0 aromatic rings. The molecule has 290 valence electrons. The van der Waals surface area contributed by atoms with Crippen LogP contribution in [-0.2, 0) is 28.6 Å². The summed E-state index contributed by atoms with van der Waals surface area (Å²) in [6, 6.07) is 0. The molecule has 0 aliphatic heterocycles. The first-order valence-electron chi connectivity index (χ1n) is 21.5. The van der Waals surface area contributed by atoms with E-state index in [-0.39, 0.29) is 31.1 Å². The number of carbonyl (C=O) groups is 3. The fourth-order valence-corrected chi connectivity index (χ4v) is 6.32. The summed E-state index contributed by atoms with van der Waals surface area (Å²) in [4.78, 5) is 37.3. The second-order valence-electron chi connectivity index (χ2n) is 14.6. The number of hydrogen-bond donors (Lipinski definition) is 0. The van der Waals surface area contributed by atoms with Gasteiger partial charge in [-0.15, -0.1) is 0 Å². The van der Waals surface area contributed by atoms with E-state index in [4.69, 9.17) is 14.2 Å². The molecule has 0 heterocycles. The van der Waals surface area contributed by atoms with Crippen molar-refractivity contribution in [2.75, 3.05) is 13.2 Å². The van der Waals surface area contributed by atoms with Crippen LogP contribution in [0.25, 0.3) is 0 Å². The minimum absolute atomic E-state index is 0.0641. The zero-order valence-electron chi connectivity index (χ0n) is 33.0. The summed E-state index contributed by atoms with van der Waals surface area (Å²) in [6.07, 6.45) is 38.2. The van der Waals surface area contributed by atoms with E-state index in [9.17, 15) is 14.4 Å². The molecule has 1 atom stereocenters. The van der Waals surface area contributed by atoms with Crippen molar-refractivity contribution in [3.63, 3.8) is 0 Å². The van der Waals surface area contributed by atoms with Gasteiger partial charge in [0.15, 0.2) is 6.10 Å². The summed E-state index contributed by atoms with van der Waals surface area (Å²) < 4.78 is 16.6. The number of ether oxygens (including phenoxy) is 3. The van der Waals surface area contributed by atoms with Crippen LogP contribution >= 0.6 is 0 Å². The number of unbranched alkanes of at least 4 members (excludes halogenated alkanes) is 28. The standard InChI is InChI=1S/C43H82O6/c1-4-7-10-13-15-17-19-21-22-24-26-28-31-34-37-43(46)49-40(38-47-41(44)35-32-29-12-9-6-3)39-48-42(45)36-33-30-27-25-23-20-18-16-14-11-8-5-2/h40H,4-39H2,1-3H3/t40-/m0/s1. The Kier molecular flexibility index (Phi) is 37.9. The Hall–Kier alpha value is -1.59. The Labute approximate surface area is 304 Å². The van der Waals surface area contributed by atoms with Gasteiger partial charge in [0.05, 0.1) is 0 Å². The summed E-state index contributed by atoms with van der Waals surface area (Å²) in [7, 11) is 0. The monoisotopic (exact) mass is 695 g/mol. The average Bonchev–Trinajstić information content (AvgIpc) is 3.09. The maximum atomic E-state index is 12.6. The van der Waals surface area contributed by atoms with Crippen molar-refractivity contribution >= 4 is 17.9 Å². The summed E-state index contributed by atoms with van der Waals surface area (Å²) in [5, 5.41) is 0. The van der Waals surface area contributed by atoms with Crippen molar-refractivity contribution in [1.29, 1.82) is 0 Å². The molecule has 0 aromatic heterocycles. The Morgan fingerprint density at radius 1 is 0.327 bits per heavy atom. The van der Waals surface area contributed by atoms with Crippen LogP contribution in [0.5, 0.6) is 0 Å². The molecule has 6 nitrogen and oxygen atoms in total. The van der Waals surface area contributed by atoms with Gasteiger partial charge in [0.1, 0.15) is 13.2 Å². The Balaban J connectivity index is 4.21. The SMILES string of the molecule is CCCCCCCCCCCCCCCCC(=O)O[C@@H](COC(=O)CCCCCCC)COC(=O)CCCCCCCCCCCCCC. The largest absolute Gasteiger partial charge is 0.462 e. The van der Waals surface area contributed by atoms with Crippen LogP contribution < -0.4 is 0 Å². The Bertz CT molecular complexity index is 723. The normalized spacial score (nSPS) is 11.8. The van der Waals surface area contributed by atoms with Gasteiger partial charge in [-0.3, -0.25) is 14.4 Å². The van der Waals surface area contributed by atoms with Gasteiger partial charge in [-0.2, -0.15) is 0 Å². The zero-order chi connectivity index (χ0) is 35.9. The van der Waals surface area contributed by atoms with Crippen molar-refractivity contribution in [3.8, 4) is 0 Å². The highest BCUT2D eigenvalue weighted by molar-refractivity contribution is 5.71. The molecule has 0 aliphatic carbocycles. The highest BCUT2D eigenvalue weighted by Crippen LogP contribution is 2.15. The topological polar surface area (TPSA) is 78.9 Å². The van der Waals surface area contributed by atoms with Crippen LogP contribution in [0.1, 0.15) is 239 Å². The number of esters is 3. The van der Waals surface area contributed by atoms with Crippen LogP contribution in [0.2, 0.25) is 0 Å². The molecule has 0 N–H and O–H groups in total. The van der Waals surface area contributed by atoms with E-state index in [0.717, 1.165) is 64.2 Å². The van der Waals surface area contributed by atoms with Crippen LogP contribution in [0.4, 0.5) is 0 Å². The fraction of sp³-hybridized carbons (Fsp3) is 0.930. The molecule has 0 saturated heterocycles. The maximum absolute atomic E-state index is 12.6. The van der Waals surface area contributed by atoms with Gasteiger partial charge in [-0.1, -0.05) is 201 Å². The lowest BCUT2D eigenvalue weighted by Crippen LogP contribution is -2.30. The molecule has 0 fully saturated rings. The van der Waals surface area contributed by atoms with Crippen LogP contribution in [0, 0.1) is 0 Å². The zero-order valence-corrected chi connectivity index (χ0v) is 33.0. The van der Waals surface area contributed by atoms with Crippen LogP contribution in [-0.4, -0.2) is 37.2 Å². The quantitative estimate of drug-likeness (QED) is 0.0362. The van der Waals surface area contributed by atoms with E-state index in [2.05, 4.69) is 20.8 Å². The van der Waals surface area contributed by atoms with Crippen molar-refractivity contribution in [2.45, 2.75) is 245 Å². The van der Waals surface area contributed by atoms with E-state index < -0.39 is 6.10 Å². The third-order valence-corrected chi connectivity index (χ3v) is 9.61. The minimum atomic E-state index is -0.755. The molecule has 0 bridgehead atoms. The molecule has 0 radical (unpaired) electrons. The van der Waals surface area contributed by atoms with E-state index in [1.54, 1.807) is 0 Å². The molecule has 0 spiro atoms. The predicted molar refractivity (Wildman–Crippen MR) is 206 cm³/mol. The number of rotatable bonds is 39. The van der Waals surface area contributed by atoms with Crippen molar-refractivity contribution in [2.24, 2.45) is 0 Å². The Morgan fingerprint density at radius 3 is 0.816 bits per heavy atom. The summed E-state index contributed by atoms with van der Waals surface area (Å²) in [5.74, 6) is -0.869. The summed E-state index contributed by atoms with van der Waals surface area (Å²) >= 11 is 0. The third kappa shape index (κ3) is 37.5. The van der Waals surface area contributed by atoms with E-state index in [1.165, 1.54) is 135 Å². The fourth-order valence-electron chi connectivity index (χ4n) is 6.32. The van der Waals surface area contributed by atoms with Crippen molar-refractivity contribution < 1.29 is 28.6 Å². The highest BCUT2D eigenvalue weighted by Gasteiger charge is 2.19. The predicted octanol–water partition coefficient (Wildman–Crippen LogP) is 13.3.